The lowest BCUT2D eigenvalue weighted by Crippen LogP contribution is -2.59. The zero-order valence-corrected chi connectivity index (χ0v) is 17.1. The van der Waals surface area contributed by atoms with Crippen LogP contribution in [0.1, 0.15) is 11.1 Å². The van der Waals surface area contributed by atoms with E-state index in [4.69, 9.17) is 9.47 Å². The maximum absolute atomic E-state index is 13.6. The fourth-order valence-corrected chi connectivity index (χ4v) is 4.13. The summed E-state index contributed by atoms with van der Waals surface area (Å²) in [4.78, 5) is 42.7. The summed E-state index contributed by atoms with van der Waals surface area (Å²) in [5.74, 6) is -0.126. The summed E-state index contributed by atoms with van der Waals surface area (Å²) in [5, 5.41) is 0. The molecule has 0 radical (unpaired) electrons. The van der Waals surface area contributed by atoms with E-state index in [0.29, 0.717) is 49.0 Å². The topological polar surface area (TPSA) is 79.2 Å². The number of morpholine rings is 1. The Morgan fingerprint density at radius 3 is 2.52 bits per heavy atom. The Labute approximate surface area is 179 Å². The van der Waals surface area contributed by atoms with Crippen LogP contribution in [0.4, 0.5) is 10.5 Å². The number of rotatable bonds is 3. The molecule has 0 aromatic heterocycles. The van der Waals surface area contributed by atoms with Crippen molar-refractivity contribution in [2.75, 3.05) is 37.7 Å². The predicted molar refractivity (Wildman–Crippen MR) is 112 cm³/mol. The van der Waals surface area contributed by atoms with Crippen LogP contribution in [-0.2, 0) is 14.3 Å². The van der Waals surface area contributed by atoms with Crippen molar-refractivity contribution in [2.45, 2.75) is 13.0 Å². The molecule has 8 nitrogen and oxygen atoms in total. The second-order valence-electron chi connectivity index (χ2n) is 7.75. The first-order chi connectivity index (χ1) is 15.0. The number of benzene rings is 2. The number of hydrogen-bond donors (Lipinski definition) is 0. The number of carbonyl (C=O) groups is 3. The second-order valence-corrected chi connectivity index (χ2v) is 7.75. The van der Waals surface area contributed by atoms with E-state index in [1.165, 1.54) is 4.58 Å². The maximum Gasteiger partial charge on any atom is 0.506 e. The maximum atomic E-state index is 13.6. The van der Waals surface area contributed by atoms with Crippen molar-refractivity contribution in [3.8, 4) is 5.75 Å². The molecule has 0 N–H and O–H groups in total. The van der Waals surface area contributed by atoms with E-state index in [-0.39, 0.29) is 12.5 Å². The summed E-state index contributed by atoms with van der Waals surface area (Å²) in [6.45, 7) is 3.66. The molecule has 3 aliphatic heterocycles. The average Bonchev–Trinajstić information content (AvgIpc) is 3.18. The van der Waals surface area contributed by atoms with Crippen molar-refractivity contribution in [1.29, 1.82) is 0 Å². The molecule has 0 bridgehead atoms. The molecule has 8 heteroatoms. The van der Waals surface area contributed by atoms with Gasteiger partial charge in [-0.2, -0.15) is 9.37 Å². The first kappa shape index (κ1) is 19.4. The minimum absolute atomic E-state index is 0.169. The van der Waals surface area contributed by atoms with Gasteiger partial charge in [0.25, 0.3) is 12.0 Å². The van der Waals surface area contributed by atoms with Gasteiger partial charge in [0.2, 0.25) is 0 Å². The number of hydrogen-bond acceptors (Lipinski definition) is 5. The third-order valence-electron chi connectivity index (χ3n) is 5.76. The van der Waals surface area contributed by atoms with Gasteiger partial charge in [-0.1, -0.05) is 29.8 Å². The van der Waals surface area contributed by atoms with Gasteiger partial charge in [0, 0.05) is 13.1 Å². The molecule has 3 aliphatic rings. The monoisotopic (exact) mass is 420 g/mol. The van der Waals surface area contributed by atoms with E-state index in [0.717, 1.165) is 10.5 Å². The van der Waals surface area contributed by atoms with Gasteiger partial charge in [0.1, 0.15) is 11.4 Å². The second kappa shape index (κ2) is 7.63. The highest BCUT2D eigenvalue weighted by Crippen LogP contribution is 2.33. The summed E-state index contributed by atoms with van der Waals surface area (Å²) in [6.07, 6.45) is -0.978. The molecule has 2 aromatic carbocycles. The van der Waals surface area contributed by atoms with Crippen LogP contribution >= 0.6 is 0 Å². The number of nitrogens with zero attached hydrogens (tertiary/aromatic N) is 3. The first-order valence-corrected chi connectivity index (χ1v) is 10.2. The highest BCUT2D eigenvalue weighted by molar-refractivity contribution is 6.29. The Hall–Kier alpha value is -3.52. The fourth-order valence-electron chi connectivity index (χ4n) is 4.13. The Kier molecular flexibility index (Phi) is 4.78. The molecule has 3 heterocycles. The number of carbonyl (C=O) groups excluding carboxylic acids is 3. The molecule has 5 rings (SSSR count). The summed E-state index contributed by atoms with van der Waals surface area (Å²) in [6, 6.07) is 13.8. The lowest BCUT2D eigenvalue weighted by molar-refractivity contribution is -0.419. The molecule has 1 atom stereocenters. The molecule has 0 aliphatic carbocycles. The highest BCUT2D eigenvalue weighted by Gasteiger charge is 2.55. The van der Waals surface area contributed by atoms with E-state index in [1.807, 2.05) is 31.2 Å². The lowest BCUT2D eigenvalue weighted by Gasteiger charge is -2.28. The van der Waals surface area contributed by atoms with Gasteiger partial charge in [-0.05, 0) is 31.2 Å². The lowest BCUT2D eigenvalue weighted by atomic mass is 10.0. The van der Waals surface area contributed by atoms with Crippen LogP contribution in [0.5, 0.6) is 5.75 Å². The van der Waals surface area contributed by atoms with Gasteiger partial charge in [-0.25, -0.2) is 4.79 Å². The number of amides is 4. The van der Waals surface area contributed by atoms with Crippen LogP contribution in [0.25, 0.3) is 0 Å². The van der Waals surface area contributed by atoms with Crippen LogP contribution in [0.2, 0.25) is 0 Å². The number of anilines is 1. The van der Waals surface area contributed by atoms with Crippen molar-refractivity contribution in [2.24, 2.45) is 0 Å². The smallest absolute Gasteiger partial charge is 0.469 e. The Morgan fingerprint density at radius 1 is 1.06 bits per heavy atom. The summed E-state index contributed by atoms with van der Waals surface area (Å²) in [7, 11) is 0. The van der Waals surface area contributed by atoms with Gasteiger partial charge >= 0.3 is 11.9 Å². The largest absolute Gasteiger partial charge is 0.506 e. The highest BCUT2D eigenvalue weighted by atomic mass is 16.5. The van der Waals surface area contributed by atoms with Crippen molar-refractivity contribution in [3.63, 3.8) is 0 Å². The third-order valence-corrected chi connectivity index (χ3v) is 5.76. The summed E-state index contributed by atoms with van der Waals surface area (Å²) < 4.78 is 12.6. The minimum Gasteiger partial charge on any atom is -0.469 e. The summed E-state index contributed by atoms with van der Waals surface area (Å²) in [5.41, 5.74) is 2.54. The average molecular weight is 420 g/mol. The van der Waals surface area contributed by atoms with E-state index < -0.39 is 18.0 Å². The number of imide groups is 1. The minimum atomic E-state index is -0.978. The first-order valence-electron chi connectivity index (χ1n) is 10.2. The molecular weight excluding hydrogens is 398 g/mol. The molecule has 2 aromatic rings. The van der Waals surface area contributed by atoms with Crippen LogP contribution in [0, 0.1) is 6.92 Å². The SMILES string of the molecule is Cc1ccc(N2C(=O)C3Oc4ccccc4C3=[N+](CC(=O)N3CCOCC3)C2=O)cc1. The van der Waals surface area contributed by atoms with Crippen LogP contribution in [-0.4, -0.2) is 72.0 Å². The van der Waals surface area contributed by atoms with E-state index >= 15 is 0 Å². The molecule has 0 spiro atoms. The number of aryl methyl sites for hydroxylation is 1. The Morgan fingerprint density at radius 2 is 1.77 bits per heavy atom. The van der Waals surface area contributed by atoms with Crippen LogP contribution in [0.3, 0.4) is 0 Å². The zero-order valence-electron chi connectivity index (χ0n) is 17.1. The molecule has 4 amide bonds. The summed E-state index contributed by atoms with van der Waals surface area (Å²) >= 11 is 0. The van der Waals surface area contributed by atoms with E-state index in [1.54, 1.807) is 29.2 Å². The number of para-hydroxylation sites is 1. The van der Waals surface area contributed by atoms with Crippen molar-refractivity contribution < 1.29 is 28.4 Å². The quantitative estimate of drug-likeness (QED) is 0.705. The zero-order chi connectivity index (χ0) is 21.5. The molecule has 1 fully saturated rings. The van der Waals surface area contributed by atoms with Gasteiger partial charge in [0.15, 0.2) is 12.3 Å². The number of urea groups is 1. The van der Waals surface area contributed by atoms with E-state index in [2.05, 4.69) is 0 Å². The molecule has 1 saturated heterocycles. The number of ether oxygens (including phenoxy) is 2. The standard InChI is InChI=1S/C23H22N3O5/c1-15-6-8-16(9-7-15)26-22(28)21-20(17-4-2-3-5-18(17)31-21)25(23(26)29)14-19(27)24-10-12-30-13-11-24/h2-9,21H,10-14H2,1H3/q+1. The molecule has 1 unspecified atom stereocenters. The van der Waals surface area contributed by atoms with Crippen molar-refractivity contribution in [1.82, 2.24) is 4.90 Å². The van der Waals surface area contributed by atoms with Crippen LogP contribution in [0.15, 0.2) is 48.5 Å². The van der Waals surface area contributed by atoms with Gasteiger partial charge < -0.3 is 14.4 Å². The van der Waals surface area contributed by atoms with Gasteiger partial charge in [-0.15, -0.1) is 4.90 Å². The van der Waals surface area contributed by atoms with Crippen LogP contribution < -0.4 is 9.64 Å². The van der Waals surface area contributed by atoms with E-state index in [9.17, 15) is 14.4 Å². The Bertz CT molecular complexity index is 1100. The van der Waals surface area contributed by atoms with Crippen molar-refractivity contribution in [3.05, 3.63) is 59.7 Å². The van der Waals surface area contributed by atoms with Gasteiger partial charge in [-0.3, -0.25) is 4.79 Å². The third kappa shape index (κ3) is 3.29. The molecule has 31 heavy (non-hydrogen) atoms. The number of fused-ring (bicyclic) bond motifs is 3. The fraction of sp³-hybridized carbons (Fsp3) is 0.304. The van der Waals surface area contributed by atoms with Crippen molar-refractivity contribution >= 4 is 29.2 Å². The molecule has 0 saturated carbocycles. The Balaban J connectivity index is 1.58. The van der Waals surface area contributed by atoms with Gasteiger partial charge in [0.05, 0.1) is 18.8 Å². The predicted octanol–water partition coefficient (Wildman–Crippen LogP) is 1.58. The normalized spacial score (nSPS) is 20.5. The molecule has 158 valence electrons. The molecular formula is C23H22N3O5+.